The lowest BCUT2D eigenvalue weighted by Gasteiger charge is -2.13. The van der Waals surface area contributed by atoms with E-state index >= 15 is 0 Å². The van der Waals surface area contributed by atoms with E-state index in [9.17, 15) is 0 Å². The van der Waals surface area contributed by atoms with Gasteiger partial charge >= 0.3 is 0 Å². The van der Waals surface area contributed by atoms with Gasteiger partial charge in [-0.3, -0.25) is 0 Å². The molecule has 0 bridgehead atoms. The van der Waals surface area contributed by atoms with E-state index in [0.29, 0.717) is 18.1 Å². The van der Waals surface area contributed by atoms with Crippen LogP contribution >= 0.6 is 0 Å². The number of nitrogens with zero attached hydrogens (tertiary/aromatic N) is 1. The molecule has 1 unspecified atom stereocenters. The lowest BCUT2D eigenvalue weighted by atomic mass is 10.1. The van der Waals surface area contributed by atoms with Crippen molar-refractivity contribution in [3.05, 3.63) is 23.8 Å². The minimum Gasteiger partial charge on any atom is -0.493 e. The molecule has 4 nitrogen and oxygen atoms in total. The van der Waals surface area contributed by atoms with Crippen molar-refractivity contribution in [3.8, 4) is 17.6 Å². The number of hydrogen-bond donors (Lipinski definition) is 1. The van der Waals surface area contributed by atoms with Crippen molar-refractivity contribution in [3.63, 3.8) is 0 Å². The summed E-state index contributed by atoms with van der Waals surface area (Å²) >= 11 is 0. The molecule has 4 heteroatoms. The van der Waals surface area contributed by atoms with E-state index in [4.69, 9.17) is 14.7 Å². The number of hydrogen-bond acceptors (Lipinski definition) is 4. The predicted octanol–water partition coefficient (Wildman–Crippen LogP) is 1.88. The Balaban J connectivity index is 3.04. The van der Waals surface area contributed by atoms with Gasteiger partial charge < -0.3 is 14.8 Å². The van der Waals surface area contributed by atoms with E-state index in [2.05, 4.69) is 11.4 Å². The Morgan fingerprint density at radius 3 is 2.69 bits per heavy atom. The first-order chi connectivity index (χ1) is 7.76. The van der Waals surface area contributed by atoms with Crippen LogP contribution in [0.4, 0.5) is 0 Å². The molecular formula is C12H16N2O2. The molecule has 0 saturated heterocycles. The van der Waals surface area contributed by atoms with Gasteiger partial charge in [-0.25, -0.2) is 0 Å². The van der Waals surface area contributed by atoms with Crippen LogP contribution < -0.4 is 14.8 Å². The number of rotatable bonds is 5. The van der Waals surface area contributed by atoms with Crippen LogP contribution in [0.15, 0.2) is 18.2 Å². The molecule has 1 N–H and O–H groups in total. The van der Waals surface area contributed by atoms with Gasteiger partial charge in [-0.1, -0.05) is 6.07 Å². The molecule has 1 atom stereocenters. The third-order valence-corrected chi connectivity index (χ3v) is 2.24. The highest BCUT2D eigenvalue weighted by Gasteiger charge is 2.11. The van der Waals surface area contributed by atoms with E-state index < -0.39 is 0 Å². The molecule has 0 amide bonds. The van der Waals surface area contributed by atoms with Crippen LogP contribution in [0.25, 0.3) is 0 Å². The number of ether oxygens (including phenoxy) is 2. The summed E-state index contributed by atoms with van der Waals surface area (Å²) in [4.78, 5) is 0. The third-order valence-electron chi connectivity index (χ3n) is 2.24. The zero-order valence-corrected chi connectivity index (χ0v) is 9.78. The molecule has 0 spiro atoms. The van der Waals surface area contributed by atoms with Crippen LogP contribution in [-0.2, 0) is 0 Å². The minimum absolute atomic E-state index is 0.329. The summed E-state index contributed by atoms with van der Waals surface area (Å²) < 4.78 is 10.6. The monoisotopic (exact) mass is 220 g/mol. The van der Waals surface area contributed by atoms with Crippen molar-refractivity contribution in [2.24, 2.45) is 0 Å². The highest BCUT2D eigenvalue weighted by molar-refractivity contribution is 5.44. The van der Waals surface area contributed by atoms with Crippen LogP contribution in [0.5, 0.6) is 11.5 Å². The van der Waals surface area contributed by atoms with Crippen molar-refractivity contribution in [1.82, 2.24) is 5.32 Å². The summed E-state index contributed by atoms with van der Waals surface area (Å²) in [6.45, 7) is 2.50. The van der Waals surface area contributed by atoms with Gasteiger partial charge in [-0.2, -0.15) is 5.26 Å². The molecule has 0 saturated carbocycles. The fraction of sp³-hybridized carbons (Fsp3) is 0.417. The van der Waals surface area contributed by atoms with Crippen LogP contribution in [0, 0.1) is 11.3 Å². The second-order valence-electron chi connectivity index (χ2n) is 3.19. The Labute approximate surface area is 95.8 Å². The molecule has 0 aliphatic carbocycles. The number of benzene rings is 1. The standard InChI is InChI=1S/C12H16N2O2/c1-4-16-11-6-5-9(7-12(11)15-3)10(8-13)14-2/h5-7,10,14H,4H2,1-3H3. The summed E-state index contributed by atoms with van der Waals surface area (Å²) in [5.41, 5.74) is 0.866. The highest BCUT2D eigenvalue weighted by Crippen LogP contribution is 2.30. The Hall–Kier alpha value is -1.73. The molecule has 0 fully saturated rings. The van der Waals surface area contributed by atoms with E-state index in [1.165, 1.54) is 0 Å². The predicted molar refractivity (Wildman–Crippen MR) is 61.6 cm³/mol. The van der Waals surface area contributed by atoms with Gasteiger partial charge in [0.25, 0.3) is 0 Å². The van der Waals surface area contributed by atoms with Gasteiger partial charge in [0.05, 0.1) is 19.8 Å². The SMILES string of the molecule is CCOc1ccc(C(C#N)NC)cc1OC. The lowest BCUT2D eigenvalue weighted by Crippen LogP contribution is -2.14. The molecule has 0 aliphatic rings. The van der Waals surface area contributed by atoms with E-state index in [0.717, 1.165) is 5.56 Å². The smallest absolute Gasteiger partial charge is 0.161 e. The summed E-state index contributed by atoms with van der Waals surface area (Å²) in [6.07, 6.45) is 0. The van der Waals surface area contributed by atoms with Crippen LogP contribution in [-0.4, -0.2) is 20.8 Å². The topological polar surface area (TPSA) is 54.3 Å². The Morgan fingerprint density at radius 2 is 2.19 bits per heavy atom. The maximum absolute atomic E-state index is 8.93. The fourth-order valence-electron chi connectivity index (χ4n) is 1.44. The molecule has 0 radical (unpaired) electrons. The molecule has 1 aromatic rings. The molecule has 16 heavy (non-hydrogen) atoms. The summed E-state index contributed by atoms with van der Waals surface area (Å²) in [6, 6.07) is 7.33. The maximum atomic E-state index is 8.93. The van der Waals surface area contributed by atoms with Crippen molar-refractivity contribution in [2.75, 3.05) is 20.8 Å². The summed E-state index contributed by atoms with van der Waals surface area (Å²) in [5, 5.41) is 11.8. The van der Waals surface area contributed by atoms with E-state index in [1.54, 1.807) is 14.2 Å². The van der Waals surface area contributed by atoms with Crippen LogP contribution in [0.3, 0.4) is 0 Å². The fourth-order valence-corrected chi connectivity index (χ4v) is 1.44. The first-order valence-electron chi connectivity index (χ1n) is 5.14. The van der Waals surface area contributed by atoms with Crippen molar-refractivity contribution < 1.29 is 9.47 Å². The quantitative estimate of drug-likeness (QED) is 0.823. The van der Waals surface area contributed by atoms with Crippen LogP contribution in [0.1, 0.15) is 18.5 Å². The Bertz CT molecular complexity index is 385. The normalized spacial score (nSPS) is 11.6. The van der Waals surface area contributed by atoms with Gasteiger partial charge in [0.15, 0.2) is 11.5 Å². The molecule has 1 rings (SSSR count). The van der Waals surface area contributed by atoms with Crippen molar-refractivity contribution in [2.45, 2.75) is 13.0 Å². The summed E-state index contributed by atoms with van der Waals surface area (Å²) in [7, 11) is 3.33. The zero-order chi connectivity index (χ0) is 12.0. The minimum atomic E-state index is -0.329. The lowest BCUT2D eigenvalue weighted by molar-refractivity contribution is 0.310. The average Bonchev–Trinajstić information content (AvgIpc) is 2.32. The molecule has 86 valence electrons. The molecule has 0 aromatic heterocycles. The molecule has 0 aliphatic heterocycles. The van der Waals surface area contributed by atoms with Crippen molar-refractivity contribution >= 4 is 0 Å². The highest BCUT2D eigenvalue weighted by atomic mass is 16.5. The van der Waals surface area contributed by atoms with Gasteiger partial charge in [0, 0.05) is 0 Å². The number of methoxy groups -OCH3 is 1. The largest absolute Gasteiger partial charge is 0.493 e. The number of nitriles is 1. The Morgan fingerprint density at radius 1 is 1.44 bits per heavy atom. The first kappa shape index (κ1) is 12.3. The molecular weight excluding hydrogens is 204 g/mol. The third kappa shape index (κ3) is 2.65. The first-order valence-corrected chi connectivity index (χ1v) is 5.14. The molecule has 0 heterocycles. The zero-order valence-electron chi connectivity index (χ0n) is 9.78. The van der Waals surface area contributed by atoms with E-state index in [-0.39, 0.29) is 6.04 Å². The second-order valence-corrected chi connectivity index (χ2v) is 3.19. The second kappa shape index (κ2) is 5.99. The number of nitrogens with one attached hydrogen (secondary N) is 1. The Kier molecular flexibility index (Phi) is 4.62. The van der Waals surface area contributed by atoms with Gasteiger partial charge in [-0.05, 0) is 31.7 Å². The maximum Gasteiger partial charge on any atom is 0.161 e. The van der Waals surface area contributed by atoms with Crippen molar-refractivity contribution in [1.29, 1.82) is 5.26 Å². The van der Waals surface area contributed by atoms with Gasteiger partial charge in [0.2, 0.25) is 0 Å². The molecule has 1 aromatic carbocycles. The van der Waals surface area contributed by atoms with Gasteiger partial charge in [-0.15, -0.1) is 0 Å². The summed E-state index contributed by atoms with van der Waals surface area (Å²) in [5.74, 6) is 1.34. The van der Waals surface area contributed by atoms with Gasteiger partial charge in [0.1, 0.15) is 6.04 Å². The average molecular weight is 220 g/mol. The van der Waals surface area contributed by atoms with E-state index in [1.807, 2.05) is 25.1 Å². The van der Waals surface area contributed by atoms with Crippen LogP contribution in [0.2, 0.25) is 0 Å².